The maximum absolute atomic E-state index is 14.7. The highest BCUT2D eigenvalue weighted by atomic mass is 16.5. The summed E-state index contributed by atoms with van der Waals surface area (Å²) in [6.45, 7) is 12.4. The fourth-order valence-electron chi connectivity index (χ4n) is 8.27. The number of aryl methyl sites for hydroxylation is 2. The molecule has 6 rings (SSSR count). The van der Waals surface area contributed by atoms with Crippen LogP contribution in [0.15, 0.2) is 60.7 Å². The molecule has 1 aromatic heterocycles. The molecule has 8 N–H and O–H groups in total. The molecule has 0 spiro atoms. The number of phenols is 1. The van der Waals surface area contributed by atoms with Crippen LogP contribution < -0.4 is 37.1 Å². The number of fused-ring (bicyclic) bond motifs is 5. The molecular weight excluding hydrogens is 841 g/mol. The van der Waals surface area contributed by atoms with Crippen molar-refractivity contribution in [2.75, 3.05) is 33.2 Å². The van der Waals surface area contributed by atoms with Crippen LogP contribution in [0, 0.1) is 25.2 Å². The van der Waals surface area contributed by atoms with Gasteiger partial charge in [-0.3, -0.25) is 24.0 Å². The predicted molar refractivity (Wildman–Crippen MR) is 248 cm³/mol. The van der Waals surface area contributed by atoms with Gasteiger partial charge in [-0.15, -0.1) is 0 Å². The van der Waals surface area contributed by atoms with Gasteiger partial charge in [0.05, 0.1) is 23.0 Å². The molecule has 1 fully saturated rings. The number of aromatic hydroxyl groups is 1. The Kier molecular flexibility index (Phi) is 15.4. The van der Waals surface area contributed by atoms with Gasteiger partial charge in [-0.1, -0.05) is 57.2 Å². The second kappa shape index (κ2) is 20.9. The minimum Gasteiger partial charge on any atom is -0.507 e. The smallest absolute Gasteiger partial charge is 0.255 e. The van der Waals surface area contributed by atoms with Crippen molar-refractivity contribution in [2.45, 2.75) is 103 Å². The van der Waals surface area contributed by atoms with Crippen LogP contribution in [0.5, 0.6) is 11.5 Å². The highest BCUT2D eigenvalue weighted by Crippen LogP contribution is 2.40. The summed E-state index contributed by atoms with van der Waals surface area (Å²) in [5.74, 6) is -2.61. The number of aromatic nitrogens is 2. The van der Waals surface area contributed by atoms with E-state index < -0.39 is 53.7 Å². The van der Waals surface area contributed by atoms with Crippen LogP contribution in [-0.2, 0) is 31.0 Å². The maximum Gasteiger partial charge on any atom is 0.255 e. The Bertz CT molecular complexity index is 2490. The predicted octanol–water partition coefficient (Wildman–Crippen LogP) is 3.39. The van der Waals surface area contributed by atoms with E-state index in [2.05, 4.69) is 57.3 Å². The van der Waals surface area contributed by atoms with Gasteiger partial charge >= 0.3 is 0 Å². The summed E-state index contributed by atoms with van der Waals surface area (Å²) < 4.78 is 6.56. The number of likely N-dealkylation sites (N-methyl/N-ethyl adjacent to an activating group) is 1. The largest absolute Gasteiger partial charge is 0.507 e. The molecular formula is C49H60N10O7. The van der Waals surface area contributed by atoms with Crippen LogP contribution >= 0.6 is 0 Å². The third-order valence-corrected chi connectivity index (χ3v) is 12.0. The van der Waals surface area contributed by atoms with E-state index in [0.717, 1.165) is 37.1 Å². The van der Waals surface area contributed by atoms with Crippen LogP contribution in [0.3, 0.4) is 0 Å². The first-order valence-electron chi connectivity index (χ1n) is 22.2. The molecule has 3 heterocycles. The van der Waals surface area contributed by atoms with Crippen molar-refractivity contribution in [1.82, 2.24) is 41.5 Å². The summed E-state index contributed by atoms with van der Waals surface area (Å²) in [4.78, 5) is 81.0. The molecule has 66 heavy (non-hydrogen) atoms. The number of carbonyl (C=O) groups is 5. The number of nitrogens with two attached hydrogens (primary N) is 1. The second-order valence-electron chi connectivity index (χ2n) is 17.9. The zero-order valence-electron chi connectivity index (χ0n) is 38.6. The lowest BCUT2D eigenvalue weighted by molar-refractivity contribution is -0.141. The number of amides is 5. The number of hydrogen-bond donors (Lipinski definition) is 7. The van der Waals surface area contributed by atoms with E-state index >= 15 is 0 Å². The number of phenolic OH excluding ortho intramolecular Hbond substituents is 1. The summed E-state index contributed by atoms with van der Waals surface area (Å²) in [7, 11) is 1.42. The number of carbonyl (C=O) groups excluding carboxylic acids is 5. The van der Waals surface area contributed by atoms with Gasteiger partial charge in [0.1, 0.15) is 48.3 Å². The summed E-state index contributed by atoms with van der Waals surface area (Å²) in [6.07, 6.45) is 1.27. The summed E-state index contributed by atoms with van der Waals surface area (Å²) in [6, 6.07) is 14.6. The molecule has 4 atom stereocenters. The monoisotopic (exact) mass is 900 g/mol. The first-order valence-corrected chi connectivity index (χ1v) is 22.2. The van der Waals surface area contributed by atoms with Gasteiger partial charge in [-0.2, -0.15) is 5.26 Å². The standard InChI is InChI=1S/C49H60N10O7/c1-27-41(28(2)55-43(54-27)31-9-12-33(13-10-31)49(4,5)6)46(63)57-37(16-19-50)48(65)59(7)42-32-11-15-40(66-34-17-21-52-22-18-34)36(26-32)35-24-30(8-14-39(35)60)25-38(45(62)53-23-20-51)58-44(61)29(3)56-47(42)64/h8-15,24,26,29,34,37-38,42,52,60H,16-19,21-23,25,50H2,1-7H3,(H,53,62)(H,56,64)(H,57,63)(H,58,61)/t29-,37?,38-,42-/m0/s1. The van der Waals surface area contributed by atoms with Crippen molar-refractivity contribution < 1.29 is 33.8 Å². The van der Waals surface area contributed by atoms with Gasteiger partial charge in [0.2, 0.25) is 23.6 Å². The number of benzene rings is 3. The molecule has 2 aliphatic rings. The first kappa shape index (κ1) is 48.6. The fraction of sp³-hybridized carbons (Fsp3) is 0.429. The highest BCUT2D eigenvalue weighted by molar-refractivity contribution is 6.00. The van der Waals surface area contributed by atoms with E-state index in [9.17, 15) is 29.1 Å². The van der Waals surface area contributed by atoms with E-state index in [0.29, 0.717) is 45.2 Å². The van der Waals surface area contributed by atoms with Gasteiger partial charge < -0.3 is 47.1 Å². The molecule has 3 aromatic carbocycles. The van der Waals surface area contributed by atoms with Gasteiger partial charge in [0.25, 0.3) is 5.91 Å². The summed E-state index contributed by atoms with van der Waals surface area (Å²) >= 11 is 0. The molecule has 4 bridgehead atoms. The number of ether oxygens (including phenoxy) is 1. The van der Waals surface area contributed by atoms with Crippen LogP contribution in [0.25, 0.3) is 22.5 Å². The zero-order valence-corrected chi connectivity index (χ0v) is 38.6. The Morgan fingerprint density at radius 1 is 0.970 bits per heavy atom. The number of piperidine rings is 1. The van der Waals surface area contributed by atoms with Crippen molar-refractivity contribution in [3.63, 3.8) is 0 Å². The third-order valence-electron chi connectivity index (χ3n) is 12.0. The molecule has 4 aromatic rings. The lowest BCUT2D eigenvalue weighted by atomic mass is 9.86. The molecule has 5 amide bonds. The number of nitrogens with zero attached hydrogens (tertiary/aromatic N) is 4. The van der Waals surface area contributed by atoms with Crippen molar-refractivity contribution in [2.24, 2.45) is 5.73 Å². The van der Waals surface area contributed by atoms with E-state index in [4.69, 9.17) is 15.7 Å². The van der Waals surface area contributed by atoms with Crippen LogP contribution in [0.1, 0.15) is 91.4 Å². The average molecular weight is 901 g/mol. The van der Waals surface area contributed by atoms with E-state index in [1.807, 2.05) is 30.3 Å². The van der Waals surface area contributed by atoms with Crippen molar-refractivity contribution in [3.8, 4) is 40.1 Å². The number of rotatable bonds is 11. The fourth-order valence-corrected chi connectivity index (χ4v) is 8.27. The molecule has 348 valence electrons. The Balaban J connectivity index is 1.38. The van der Waals surface area contributed by atoms with Gasteiger partial charge in [-0.25, -0.2) is 9.97 Å². The molecule has 2 aliphatic heterocycles. The Morgan fingerprint density at radius 2 is 1.65 bits per heavy atom. The van der Waals surface area contributed by atoms with Crippen molar-refractivity contribution in [3.05, 3.63) is 94.3 Å². The number of nitrogens with one attached hydrogen (secondary N) is 5. The number of hydrogen-bond acceptors (Lipinski definition) is 12. The van der Waals surface area contributed by atoms with Crippen molar-refractivity contribution >= 4 is 29.5 Å². The van der Waals surface area contributed by atoms with Gasteiger partial charge in [-0.05, 0) is 106 Å². The molecule has 1 unspecified atom stereocenters. The van der Waals surface area contributed by atoms with Crippen molar-refractivity contribution in [1.29, 1.82) is 5.26 Å². The minimum atomic E-state index is -1.41. The van der Waals surface area contributed by atoms with E-state index in [1.54, 1.807) is 44.2 Å². The molecule has 0 radical (unpaired) electrons. The Labute approximate surface area is 385 Å². The SMILES string of the molecule is Cc1nc(-c2ccc(C(C)(C)C)cc2)nc(C)c1C(=O)NC(CCN)C(=O)N(C)[C@@H]1C(=O)N[C@@H](C)C(=O)N[C@H](C(=O)NCC#N)Cc2ccc(O)c(c2)-c2cc1ccc2OC1CCNCC1. The second-order valence-corrected chi connectivity index (χ2v) is 17.9. The number of nitriles is 1. The molecule has 0 saturated carbocycles. The third kappa shape index (κ3) is 11.3. The maximum atomic E-state index is 14.7. The minimum absolute atomic E-state index is 0.00214. The first-order chi connectivity index (χ1) is 31.4. The Morgan fingerprint density at radius 3 is 2.29 bits per heavy atom. The van der Waals surface area contributed by atoms with Gasteiger partial charge in [0, 0.05) is 30.2 Å². The van der Waals surface area contributed by atoms with E-state index in [1.165, 1.54) is 24.9 Å². The van der Waals surface area contributed by atoms with Crippen LogP contribution in [0.4, 0.5) is 0 Å². The topological polar surface area (TPSA) is 254 Å². The molecule has 17 heteroatoms. The van der Waals surface area contributed by atoms with Crippen LogP contribution in [0.2, 0.25) is 0 Å². The Hall–Kier alpha value is -6.90. The molecule has 0 aliphatic carbocycles. The van der Waals surface area contributed by atoms with E-state index in [-0.39, 0.29) is 48.8 Å². The molecule has 17 nitrogen and oxygen atoms in total. The average Bonchev–Trinajstić information content (AvgIpc) is 3.28. The highest BCUT2D eigenvalue weighted by Gasteiger charge is 2.36. The lowest BCUT2D eigenvalue weighted by Gasteiger charge is -2.33. The zero-order chi connectivity index (χ0) is 47.9. The summed E-state index contributed by atoms with van der Waals surface area (Å²) in [5.41, 5.74) is 10.5. The quantitative estimate of drug-likeness (QED) is 0.107. The summed E-state index contributed by atoms with van der Waals surface area (Å²) in [5, 5.41) is 34.6. The molecule has 1 saturated heterocycles. The van der Waals surface area contributed by atoms with Crippen LogP contribution in [-0.4, -0.2) is 107 Å². The lowest BCUT2D eigenvalue weighted by Crippen LogP contribution is -2.56. The van der Waals surface area contributed by atoms with Gasteiger partial charge in [0.15, 0.2) is 5.82 Å². The normalized spacial score (nSPS) is 18.4.